The second-order valence-electron chi connectivity index (χ2n) is 15.5. The monoisotopic (exact) mass is 724 g/mol. The Hall–Kier alpha value is -4.24. The number of allylic oxidation sites excluding steroid dienone is 3. The molecule has 5 heterocycles. The van der Waals surface area contributed by atoms with Crippen molar-refractivity contribution in [2.45, 2.75) is 126 Å². The van der Waals surface area contributed by atoms with Gasteiger partial charge in [-0.1, -0.05) is 46.1 Å². The first-order chi connectivity index (χ1) is 25.4. The molecule has 53 heavy (non-hydrogen) atoms. The molecule has 8 bridgehead atoms. The minimum atomic E-state index is -1.07. The highest BCUT2D eigenvalue weighted by Gasteiger charge is 2.48. The largest absolute Gasteiger partial charge is 0.468 e. The molecule has 4 atom stereocenters. The van der Waals surface area contributed by atoms with E-state index < -0.39 is 18.0 Å². The van der Waals surface area contributed by atoms with Crippen LogP contribution in [0, 0.1) is 38.5 Å². The summed E-state index contributed by atoms with van der Waals surface area (Å²) in [6, 6.07) is 0. The van der Waals surface area contributed by atoms with Gasteiger partial charge in [-0.15, -0.1) is 0 Å². The molecule has 3 aliphatic rings. The average Bonchev–Trinajstić information content (AvgIpc) is 3.87. The number of aliphatic hydroxyl groups excluding tert-OH is 1. The highest BCUT2D eigenvalue weighted by atomic mass is 16.5. The third kappa shape index (κ3) is 7.21. The van der Waals surface area contributed by atoms with Crippen LogP contribution in [0.25, 0.3) is 11.6 Å². The van der Waals surface area contributed by atoms with Gasteiger partial charge in [0.25, 0.3) is 0 Å². The smallest absolute Gasteiger partial charge is 0.316 e. The zero-order chi connectivity index (χ0) is 38.1. The fraction of sp³-hybridized carbons (Fsp3) is 0.545. The van der Waals surface area contributed by atoms with Crippen LogP contribution in [0.3, 0.4) is 0 Å². The lowest BCUT2D eigenvalue weighted by Gasteiger charge is -2.21. The van der Waals surface area contributed by atoms with Crippen LogP contribution in [-0.2, 0) is 44.7 Å². The molecule has 3 aromatic heterocycles. The van der Waals surface area contributed by atoms with Crippen molar-refractivity contribution < 1.29 is 24.2 Å². The summed E-state index contributed by atoms with van der Waals surface area (Å²) < 4.78 is 11.0. The Morgan fingerprint density at radius 2 is 1.58 bits per heavy atom. The molecule has 9 nitrogen and oxygen atoms in total. The van der Waals surface area contributed by atoms with Crippen molar-refractivity contribution in [1.29, 1.82) is 0 Å². The quantitative estimate of drug-likeness (QED) is 0.0723. The number of esters is 2. The number of carbonyl (C=O) groups is 2. The molecule has 1 saturated heterocycles. The zero-order valence-electron chi connectivity index (χ0n) is 33.3. The maximum atomic E-state index is 13.6. The van der Waals surface area contributed by atoms with Crippen LogP contribution in [0.5, 0.6) is 0 Å². The zero-order valence-corrected chi connectivity index (χ0v) is 33.3. The Balaban J connectivity index is 1.46. The molecule has 0 amide bonds. The van der Waals surface area contributed by atoms with Crippen molar-refractivity contribution in [3.8, 4) is 0 Å². The third-order valence-corrected chi connectivity index (χ3v) is 12.4. The maximum absolute atomic E-state index is 13.6. The molecule has 9 heteroatoms. The van der Waals surface area contributed by atoms with Gasteiger partial charge in [0.15, 0.2) is 0 Å². The molecule has 0 unspecified atom stereocenters. The fourth-order valence-corrected chi connectivity index (χ4v) is 9.18. The Labute approximate surface area is 315 Å². The summed E-state index contributed by atoms with van der Waals surface area (Å²) in [5.41, 5.74) is 17.1. The van der Waals surface area contributed by atoms with E-state index in [1.165, 1.54) is 64.9 Å². The fourth-order valence-electron chi connectivity index (χ4n) is 9.18. The molecule has 0 spiro atoms. The number of H-pyrrole nitrogens is 3. The molecule has 3 aromatic rings. The summed E-state index contributed by atoms with van der Waals surface area (Å²) in [6.45, 7) is 17.6. The summed E-state index contributed by atoms with van der Waals surface area (Å²) in [4.78, 5) is 38.1. The van der Waals surface area contributed by atoms with Gasteiger partial charge in [-0.05, 0) is 99.8 Å². The van der Waals surface area contributed by atoms with Gasteiger partial charge < -0.3 is 34.8 Å². The first-order valence-corrected chi connectivity index (χ1v) is 19.8. The second kappa shape index (κ2) is 16.0. The van der Waals surface area contributed by atoms with E-state index in [1.807, 2.05) is 13.0 Å². The van der Waals surface area contributed by atoms with E-state index in [2.05, 4.69) is 74.8 Å². The summed E-state index contributed by atoms with van der Waals surface area (Å²) in [7, 11) is 1.37. The molecule has 6 rings (SSSR count). The molecular weight excluding hydrogens is 665 g/mol. The molecule has 5 N–H and O–H groups in total. The van der Waals surface area contributed by atoms with E-state index in [0.29, 0.717) is 12.8 Å². The maximum Gasteiger partial charge on any atom is 0.316 e. The minimum absolute atomic E-state index is 0.00663. The molecule has 286 valence electrons. The lowest BCUT2D eigenvalue weighted by Crippen LogP contribution is -2.24. The van der Waals surface area contributed by atoms with Crippen molar-refractivity contribution in [2.24, 2.45) is 17.8 Å². The summed E-state index contributed by atoms with van der Waals surface area (Å²) in [5, 5.41) is 15.7. The summed E-state index contributed by atoms with van der Waals surface area (Å²) in [6.07, 6.45) is 11.7. The van der Waals surface area contributed by atoms with Crippen molar-refractivity contribution in [3.63, 3.8) is 0 Å². The van der Waals surface area contributed by atoms with Crippen molar-refractivity contribution >= 4 is 23.6 Å². The first-order valence-electron chi connectivity index (χ1n) is 19.8. The standard InChI is InChI=1S/C44H60N4O5/c1-10-13-14-15-23(4)18-19-53-37(49)17-16-30-26(7)33-20-31-24(5)28(11-2)35(45-31)21-32-25(6)29(12-3)36(46-32)22-34-27(8)38-42(48-34)39(41(30)47-33)40(43(38)50)44(51)52-9/h18,20,26,30,40,43,45-48,50H,10-17,19,21-22H2,1-9H3/b23-18+,33-20-,41-39-/t26-,30-,40+,43-/m0/s1. The van der Waals surface area contributed by atoms with Crippen LogP contribution in [0.1, 0.15) is 147 Å². The van der Waals surface area contributed by atoms with Gasteiger partial charge in [0.1, 0.15) is 12.5 Å². The van der Waals surface area contributed by atoms with Crippen molar-refractivity contribution in [2.75, 3.05) is 13.7 Å². The van der Waals surface area contributed by atoms with Gasteiger partial charge in [-0.2, -0.15) is 0 Å². The van der Waals surface area contributed by atoms with Gasteiger partial charge in [0, 0.05) is 82.1 Å². The van der Waals surface area contributed by atoms with E-state index >= 15 is 0 Å². The molecule has 0 radical (unpaired) electrons. The number of fused-ring (bicyclic) bond motifs is 7. The predicted molar refractivity (Wildman–Crippen MR) is 210 cm³/mol. The number of methoxy groups -OCH3 is 1. The SMILES string of the molecule is CCCCC/C(C)=C/COC(=O)CC[C@@H]1/C2=C3/c4[nH]c(c(C)c4[C@H](O)[C@@H]3C(=O)OC)Cc3[nH]c(c(C)c3CC)Cc3[nH]c(c(C)c3CC)/C=C(\N2)[C@H]1C. The lowest BCUT2D eigenvalue weighted by molar-refractivity contribution is -0.146. The van der Waals surface area contributed by atoms with Gasteiger partial charge in [-0.3, -0.25) is 9.59 Å². The molecule has 2 aliphatic heterocycles. The number of carbonyl (C=O) groups excluding carboxylic acids is 2. The number of hydrogen-bond acceptors (Lipinski definition) is 6. The average molecular weight is 725 g/mol. The molecular formula is C44H60N4O5. The Bertz CT molecular complexity index is 1970. The number of aromatic nitrogens is 3. The Morgan fingerprint density at radius 3 is 2.26 bits per heavy atom. The van der Waals surface area contributed by atoms with Crippen molar-refractivity contribution in [3.05, 3.63) is 90.6 Å². The third-order valence-electron chi connectivity index (χ3n) is 12.4. The van der Waals surface area contributed by atoms with Crippen LogP contribution in [0.4, 0.5) is 0 Å². The van der Waals surface area contributed by atoms with E-state index in [-0.39, 0.29) is 30.8 Å². The number of nitrogens with one attached hydrogen (secondary N) is 4. The van der Waals surface area contributed by atoms with Crippen LogP contribution in [0.15, 0.2) is 23.0 Å². The number of hydrogen-bond donors (Lipinski definition) is 5. The van der Waals surface area contributed by atoms with E-state index in [4.69, 9.17) is 9.47 Å². The van der Waals surface area contributed by atoms with Crippen LogP contribution in [-0.4, -0.2) is 45.7 Å². The lowest BCUT2D eigenvalue weighted by atomic mass is 9.84. The first kappa shape index (κ1) is 38.5. The number of rotatable bonds is 12. The second-order valence-corrected chi connectivity index (χ2v) is 15.5. The normalized spacial score (nSPS) is 23.2. The molecule has 1 aliphatic carbocycles. The number of ether oxygens (including phenoxy) is 2. The minimum Gasteiger partial charge on any atom is -0.468 e. The van der Waals surface area contributed by atoms with Crippen LogP contribution < -0.4 is 5.32 Å². The Kier molecular flexibility index (Phi) is 11.6. The van der Waals surface area contributed by atoms with Gasteiger partial charge >= 0.3 is 11.9 Å². The summed E-state index contributed by atoms with van der Waals surface area (Å²) >= 11 is 0. The molecule has 1 fully saturated rings. The van der Waals surface area contributed by atoms with Crippen LogP contribution >= 0.6 is 0 Å². The van der Waals surface area contributed by atoms with E-state index in [0.717, 1.165) is 77.3 Å². The van der Waals surface area contributed by atoms with Crippen molar-refractivity contribution in [1.82, 2.24) is 20.3 Å². The molecule has 0 saturated carbocycles. The van der Waals surface area contributed by atoms with Gasteiger partial charge in [-0.25, -0.2) is 0 Å². The van der Waals surface area contributed by atoms with Crippen LogP contribution in [0.2, 0.25) is 0 Å². The van der Waals surface area contributed by atoms with Gasteiger partial charge in [0.2, 0.25) is 0 Å². The number of aromatic amines is 3. The topological polar surface area (TPSA) is 132 Å². The predicted octanol–water partition coefficient (Wildman–Crippen LogP) is 8.51. The van der Waals surface area contributed by atoms with E-state index in [9.17, 15) is 14.7 Å². The summed E-state index contributed by atoms with van der Waals surface area (Å²) in [5.74, 6) is -1.78. The highest BCUT2D eigenvalue weighted by Crippen LogP contribution is 2.52. The number of aliphatic hydroxyl groups is 1. The van der Waals surface area contributed by atoms with E-state index in [1.54, 1.807) is 0 Å². The van der Waals surface area contributed by atoms with Gasteiger partial charge in [0.05, 0.1) is 18.9 Å². The Morgan fingerprint density at radius 1 is 0.906 bits per heavy atom. The number of unbranched alkanes of at least 4 members (excludes halogenated alkanes) is 2. The molecule has 0 aromatic carbocycles. The highest BCUT2D eigenvalue weighted by molar-refractivity contribution is 5.94.